The second kappa shape index (κ2) is 8.34. The molecular weight excluding hydrogens is 320 g/mol. The van der Waals surface area contributed by atoms with Crippen molar-refractivity contribution in [1.29, 1.82) is 0 Å². The Kier molecular flexibility index (Phi) is 6.42. The van der Waals surface area contributed by atoms with Gasteiger partial charge in [0.05, 0.1) is 12.5 Å². The minimum Gasteiger partial charge on any atom is -0.466 e. The Balaban J connectivity index is 2.04. The predicted octanol–water partition coefficient (Wildman–Crippen LogP) is 3.64. The van der Waals surface area contributed by atoms with E-state index in [0.29, 0.717) is 12.3 Å². The molecule has 1 saturated heterocycles. The molecule has 0 aliphatic carbocycles. The smallest absolute Gasteiger partial charge is 0.412 e. The number of anilines is 1. The Labute approximate surface area is 149 Å². The van der Waals surface area contributed by atoms with Gasteiger partial charge in [0.15, 0.2) is 0 Å². The fraction of sp³-hybridized carbons (Fsp3) is 0.579. The molecule has 138 valence electrons. The van der Waals surface area contributed by atoms with Crippen LogP contribution >= 0.6 is 0 Å². The molecule has 1 fully saturated rings. The maximum Gasteiger partial charge on any atom is 0.412 e. The predicted molar refractivity (Wildman–Crippen MR) is 96.4 cm³/mol. The van der Waals surface area contributed by atoms with Crippen LogP contribution in [0.1, 0.15) is 52.1 Å². The van der Waals surface area contributed by atoms with E-state index < -0.39 is 11.7 Å². The van der Waals surface area contributed by atoms with Crippen LogP contribution in [-0.4, -0.2) is 30.8 Å². The number of carbonyl (C=O) groups is 2. The van der Waals surface area contributed by atoms with Crippen molar-refractivity contribution in [2.45, 2.75) is 52.2 Å². The van der Waals surface area contributed by atoms with E-state index in [1.807, 2.05) is 52.0 Å². The van der Waals surface area contributed by atoms with Crippen molar-refractivity contribution in [2.75, 3.05) is 18.5 Å². The molecule has 6 heteroatoms. The molecule has 1 aromatic rings. The topological polar surface area (TPSA) is 76.7 Å². The maximum atomic E-state index is 12.2. The van der Waals surface area contributed by atoms with Crippen LogP contribution in [0.15, 0.2) is 24.3 Å². The average Bonchev–Trinajstić information content (AvgIpc) is 2.54. The lowest BCUT2D eigenvalue weighted by Crippen LogP contribution is -2.39. The number of hydrogen-bond donors (Lipinski definition) is 2. The standard InChI is InChI=1S/C19H28N2O4/c1-5-24-17(22)15-7-6-12-20-16(15)13-8-10-14(11-9-13)21-18(23)25-19(2,3)4/h8-11,15-16,20H,5-7,12H2,1-4H3,(H,21,23)/t15-,16-/m0/s1. The second-order valence-electron chi connectivity index (χ2n) is 7.18. The van der Waals surface area contributed by atoms with Gasteiger partial charge in [-0.2, -0.15) is 0 Å². The Morgan fingerprint density at radius 1 is 1.24 bits per heavy atom. The fourth-order valence-electron chi connectivity index (χ4n) is 2.94. The highest BCUT2D eigenvalue weighted by molar-refractivity contribution is 5.84. The minimum atomic E-state index is -0.539. The number of esters is 1. The van der Waals surface area contributed by atoms with Crippen molar-refractivity contribution < 1.29 is 19.1 Å². The summed E-state index contributed by atoms with van der Waals surface area (Å²) in [5.74, 6) is -0.339. The summed E-state index contributed by atoms with van der Waals surface area (Å²) in [5.41, 5.74) is 1.12. The van der Waals surface area contributed by atoms with Gasteiger partial charge >= 0.3 is 12.1 Å². The van der Waals surface area contributed by atoms with Gasteiger partial charge in [-0.1, -0.05) is 12.1 Å². The molecule has 25 heavy (non-hydrogen) atoms. The lowest BCUT2D eigenvalue weighted by molar-refractivity contribution is -0.150. The minimum absolute atomic E-state index is 0.0663. The molecule has 0 spiro atoms. The lowest BCUT2D eigenvalue weighted by atomic mass is 9.86. The van der Waals surface area contributed by atoms with E-state index in [9.17, 15) is 9.59 Å². The summed E-state index contributed by atoms with van der Waals surface area (Å²) >= 11 is 0. The molecule has 1 aromatic carbocycles. The third-order valence-corrected chi connectivity index (χ3v) is 3.96. The van der Waals surface area contributed by atoms with Gasteiger partial charge in [0.25, 0.3) is 0 Å². The van der Waals surface area contributed by atoms with Crippen molar-refractivity contribution in [2.24, 2.45) is 5.92 Å². The van der Waals surface area contributed by atoms with E-state index in [1.165, 1.54) is 0 Å². The first-order chi connectivity index (χ1) is 11.8. The molecule has 0 radical (unpaired) electrons. The number of hydrogen-bond acceptors (Lipinski definition) is 5. The van der Waals surface area contributed by atoms with Crippen LogP contribution in [0.25, 0.3) is 0 Å². The SMILES string of the molecule is CCOC(=O)[C@H]1CCCN[C@H]1c1ccc(NC(=O)OC(C)(C)C)cc1. The van der Waals surface area contributed by atoms with Gasteiger partial charge < -0.3 is 14.8 Å². The summed E-state index contributed by atoms with van der Waals surface area (Å²) < 4.78 is 10.4. The van der Waals surface area contributed by atoms with Gasteiger partial charge in [-0.15, -0.1) is 0 Å². The molecule has 1 aliphatic rings. The van der Waals surface area contributed by atoms with Crippen molar-refractivity contribution in [3.63, 3.8) is 0 Å². The molecule has 1 heterocycles. The lowest BCUT2D eigenvalue weighted by Gasteiger charge is -2.31. The van der Waals surface area contributed by atoms with Crippen LogP contribution in [0.2, 0.25) is 0 Å². The Hall–Kier alpha value is -2.08. The largest absolute Gasteiger partial charge is 0.466 e. The molecule has 2 rings (SSSR count). The third-order valence-electron chi connectivity index (χ3n) is 3.96. The summed E-state index contributed by atoms with van der Waals surface area (Å²) in [6, 6.07) is 7.41. The zero-order chi connectivity index (χ0) is 18.4. The van der Waals surface area contributed by atoms with Crippen LogP contribution in [0.4, 0.5) is 10.5 Å². The molecule has 0 bridgehead atoms. The van der Waals surface area contributed by atoms with Crippen LogP contribution < -0.4 is 10.6 Å². The summed E-state index contributed by atoms with van der Waals surface area (Å²) in [5, 5.41) is 6.11. The van der Waals surface area contributed by atoms with Gasteiger partial charge in [0, 0.05) is 11.7 Å². The molecule has 2 N–H and O–H groups in total. The average molecular weight is 348 g/mol. The van der Waals surface area contributed by atoms with Gasteiger partial charge in [-0.3, -0.25) is 10.1 Å². The molecule has 1 aliphatic heterocycles. The van der Waals surface area contributed by atoms with E-state index in [1.54, 1.807) is 0 Å². The Bertz CT molecular complexity index is 592. The van der Waals surface area contributed by atoms with Crippen LogP contribution in [-0.2, 0) is 14.3 Å². The van der Waals surface area contributed by atoms with Gasteiger partial charge in [-0.05, 0) is 64.8 Å². The molecule has 2 atom stereocenters. The second-order valence-corrected chi connectivity index (χ2v) is 7.18. The monoisotopic (exact) mass is 348 g/mol. The van der Waals surface area contributed by atoms with E-state index in [4.69, 9.17) is 9.47 Å². The molecule has 0 unspecified atom stereocenters. The number of carbonyl (C=O) groups excluding carboxylic acids is 2. The molecule has 6 nitrogen and oxygen atoms in total. The first-order valence-corrected chi connectivity index (χ1v) is 8.80. The van der Waals surface area contributed by atoms with Crippen LogP contribution in [0.5, 0.6) is 0 Å². The summed E-state index contributed by atoms with van der Waals surface area (Å²) in [4.78, 5) is 24.0. The van der Waals surface area contributed by atoms with Gasteiger partial charge in [0.1, 0.15) is 5.60 Å². The highest BCUT2D eigenvalue weighted by atomic mass is 16.6. The molecule has 1 amide bonds. The van der Waals surface area contributed by atoms with E-state index in [2.05, 4.69) is 10.6 Å². The van der Waals surface area contributed by atoms with Crippen molar-refractivity contribution in [3.05, 3.63) is 29.8 Å². The summed E-state index contributed by atoms with van der Waals surface area (Å²) in [7, 11) is 0. The zero-order valence-electron chi connectivity index (χ0n) is 15.4. The number of amides is 1. The highest BCUT2D eigenvalue weighted by Crippen LogP contribution is 2.31. The number of nitrogens with one attached hydrogen (secondary N) is 2. The van der Waals surface area contributed by atoms with E-state index in [-0.39, 0.29) is 17.9 Å². The molecular formula is C19H28N2O4. The van der Waals surface area contributed by atoms with Gasteiger partial charge in [-0.25, -0.2) is 4.79 Å². The van der Waals surface area contributed by atoms with Crippen molar-refractivity contribution >= 4 is 17.7 Å². The van der Waals surface area contributed by atoms with Crippen molar-refractivity contribution in [1.82, 2.24) is 5.32 Å². The third kappa shape index (κ3) is 5.74. The highest BCUT2D eigenvalue weighted by Gasteiger charge is 2.32. The first-order valence-electron chi connectivity index (χ1n) is 8.80. The number of ether oxygens (including phenoxy) is 2. The van der Waals surface area contributed by atoms with E-state index in [0.717, 1.165) is 24.9 Å². The number of benzene rings is 1. The molecule has 0 aromatic heterocycles. The number of piperidine rings is 1. The summed E-state index contributed by atoms with van der Waals surface area (Å²) in [6.07, 6.45) is 1.28. The normalized spacial score (nSPS) is 20.6. The van der Waals surface area contributed by atoms with E-state index >= 15 is 0 Å². The first kappa shape index (κ1) is 19.2. The Morgan fingerprint density at radius 2 is 1.92 bits per heavy atom. The van der Waals surface area contributed by atoms with Crippen LogP contribution in [0.3, 0.4) is 0 Å². The van der Waals surface area contributed by atoms with Crippen molar-refractivity contribution in [3.8, 4) is 0 Å². The quantitative estimate of drug-likeness (QED) is 0.813. The Morgan fingerprint density at radius 3 is 2.52 bits per heavy atom. The molecule has 0 saturated carbocycles. The number of rotatable bonds is 4. The maximum absolute atomic E-state index is 12.2. The zero-order valence-corrected chi connectivity index (χ0v) is 15.4. The fourth-order valence-corrected chi connectivity index (χ4v) is 2.94. The summed E-state index contributed by atoms with van der Waals surface area (Å²) in [6.45, 7) is 8.54. The van der Waals surface area contributed by atoms with Gasteiger partial charge in [0.2, 0.25) is 0 Å². The van der Waals surface area contributed by atoms with Crippen LogP contribution in [0, 0.1) is 5.92 Å².